The molecule has 5 rings (SSSR count). The highest BCUT2D eigenvalue weighted by atomic mass is 16.7. The van der Waals surface area contributed by atoms with Gasteiger partial charge >= 0.3 is 0 Å². The van der Waals surface area contributed by atoms with Gasteiger partial charge in [0.25, 0.3) is 0 Å². The zero-order valence-corrected chi connectivity index (χ0v) is 16.7. The number of amides is 2. The number of rotatable bonds is 5. The Labute approximate surface area is 174 Å². The minimum atomic E-state index is -0.354. The molecule has 1 atom stereocenters. The van der Waals surface area contributed by atoms with Crippen LogP contribution in [0.5, 0.6) is 11.5 Å². The summed E-state index contributed by atoms with van der Waals surface area (Å²) in [5.74, 6) is 0.811. The molecule has 2 aliphatic heterocycles. The van der Waals surface area contributed by atoms with Crippen LogP contribution in [-0.4, -0.2) is 41.6 Å². The minimum Gasteiger partial charge on any atom is -0.454 e. The fourth-order valence-electron chi connectivity index (χ4n) is 4.14. The van der Waals surface area contributed by atoms with Gasteiger partial charge in [0.2, 0.25) is 18.6 Å². The van der Waals surface area contributed by atoms with E-state index in [1.54, 1.807) is 23.1 Å². The number of likely N-dealkylation sites (tertiary alicyclic amines) is 1. The van der Waals surface area contributed by atoms with Gasteiger partial charge in [-0.25, -0.2) is 0 Å². The maximum atomic E-state index is 12.7. The smallest absolute Gasteiger partial charge is 0.231 e. The lowest BCUT2D eigenvalue weighted by Crippen LogP contribution is -2.30. The summed E-state index contributed by atoms with van der Waals surface area (Å²) in [4.78, 5) is 30.2. The van der Waals surface area contributed by atoms with Crippen LogP contribution in [0.2, 0.25) is 0 Å². The molecule has 1 aromatic heterocycles. The summed E-state index contributed by atoms with van der Waals surface area (Å²) in [5.41, 5.74) is 4.14. The molecule has 2 amide bonds. The first-order chi connectivity index (χ1) is 14.6. The monoisotopic (exact) mass is 405 g/mol. The molecule has 7 heteroatoms. The molecular formula is C23H23N3O4. The molecule has 0 unspecified atom stereocenters. The Kier molecular flexibility index (Phi) is 4.58. The Bertz CT molecular complexity index is 1140. The van der Waals surface area contributed by atoms with Gasteiger partial charge in [-0.1, -0.05) is 11.6 Å². The number of anilines is 1. The van der Waals surface area contributed by atoms with Gasteiger partial charge in [-0.2, -0.15) is 0 Å². The number of carbonyl (C=O) groups excluding carboxylic acids is 2. The molecule has 0 aliphatic carbocycles. The number of H-pyrrole nitrogens is 1. The van der Waals surface area contributed by atoms with Crippen molar-refractivity contribution in [2.45, 2.75) is 19.8 Å². The number of ether oxygens (including phenoxy) is 2. The Morgan fingerprint density at radius 3 is 2.97 bits per heavy atom. The summed E-state index contributed by atoms with van der Waals surface area (Å²) in [6.45, 7) is 3.31. The van der Waals surface area contributed by atoms with Crippen LogP contribution in [0.1, 0.15) is 17.5 Å². The molecule has 30 heavy (non-hydrogen) atoms. The summed E-state index contributed by atoms with van der Waals surface area (Å²) < 4.78 is 10.6. The first kappa shape index (κ1) is 18.5. The fourth-order valence-corrected chi connectivity index (χ4v) is 4.14. The second kappa shape index (κ2) is 7.40. The van der Waals surface area contributed by atoms with E-state index in [2.05, 4.69) is 35.4 Å². The first-order valence-corrected chi connectivity index (χ1v) is 10.1. The van der Waals surface area contributed by atoms with Crippen LogP contribution in [0.15, 0.2) is 42.6 Å². The van der Waals surface area contributed by atoms with E-state index in [1.807, 2.05) is 6.20 Å². The van der Waals surface area contributed by atoms with Crippen molar-refractivity contribution in [2.24, 2.45) is 5.92 Å². The first-order valence-electron chi connectivity index (χ1n) is 10.1. The van der Waals surface area contributed by atoms with Crippen molar-refractivity contribution in [3.63, 3.8) is 0 Å². The second-order valence-corrected chi connectivity index (χ2v) is 7.91. The van der Waals surface area contributed by atoms with E-state index in [-0.39, 0.29) is 30.9 Å². The number of hydrogen-bond donors (Lipinski definition) is 2. The maximum Gasteiger partial charge on any atom is 0.231 e. The van der Waals surface area contributed by atoms with Gasteiger partial charge < -0.3 is 24.7 Å². The molecule has 3 heterocycles. The number of fused-ring (bicyclic) bond motifs is 2. The average Bonchev–Trinajstić information content (AvgIpc) is 3.44. The third-order valence-electron chi connectivity index (χ3n) is 5.80. The van der Waals surface area contributed by atoms with E-state index < -0.39 is 0 Å². The van der Waals surface area contributed by atoms with Gasteiger partial charge in [0.1, 0.15) is 0 Å². The summed E-state index contributed by atoms with van der Waals surface area (Å²) >= 11 is 0. The zero-order chi connectivity index (χ0) is 20.7. The molecule has 3 aromatic rings. The van der Waals surface area contributed by atoms with Crippen LogP contribution in [0.3, 0.4) is 0 Å². The predicted molar refractivity (Wildman–Crippen MR) is 113 cm³/mol. The lowest BCUT2D eigenvalue weighted by Gasteiger charge is -2.16. The Morgan fingerprint density at radius 1 is 1.20 bits per heavy atom. The van der Waals surface area contributed by atoms with Gasteiger partial charge in [-0.15, -0.1) is 0 Å². The SMILES string of the molecule is Cc1ccc2[nH]cc(CCN3C[C@@H](C(=O)Nc4ccc5c(c4)OCO5)CC3=O)c2c1. The number of benzene rings is 2. The fraction of sp³-hybridized carbons (Fsp3) is 0.304. The highest BCUT2D eigenvalue weighted by Gasteiger charge is 2.34. The average molecular weight is 405 g/mol. The number of carbonyl (C=O) groups is 2. The van der Waals surface area contributed by atoms with Gasteiger partial charge in [-0.05, 0) is 43.2 Å². The van der Waals surface area contributed by atoms with Crippen LogP contribution in [0.4, 0.5) is 5.69 Å². The van der Waals surface area contributed by atoms with E-state index in [0.717, 1.165) is 11.9 Å². The summed E-state index contributed by atoms with van der Waals surface area (Å²) in [6, 6.07) is 11.6. The van der Waals surface area contributed by atoms with Gasteiger partial charge in [0, 0.05) is 48.4 Å². The second-order valence-electron chi connectivity index (χ2n) is 7.91. The Balaban J connectivity index is 1.21. The van der Waals surface area contributed by atoms with Crippen molar-refractivity contribution in [1.29, 1.82) is 0 Å². The Morgan fingerprint density at radius 2 is 2.07 bits per heavy atom. The Hall–Kier alpha value is -3.48. The molecule has 2 aliphatic rings. The topological polar surface area (TPSA) is 83.7 Å². The van der Waals surface area contributed by atoms with Crippen LogP contribution < -0.4 is 14.8 Å². The number of aryl methyl sites for hydroxylation is 1. The quantitative estimate of drug-likeness (QED) is 0.683. The highest BCUT2D eigenvalue weighted by Crippen LogP contribution is 2.34. The number of hydrogen-bond acceptors (Lipinski definition) is 4. The van der Waals surface area contributed by atoms with E-state index in [1.165, 1.54) is 16.5 Å². The molecule has 7 nitrogen and oxygen atoms in total. The zero-order valence-electron chi connectivity index (χ0n) is 16.7. The van der Waals surface area contributed by atoms with Crippen molar-refractivity contribution in [3.8, 4) is 11.5 Å². The third kappa shape index (κ3) is 3.47. The lowest BCUT2D eigenvalue weighted by atomic mass is 10.1. The molecule has 1 fully saturated rings. The number of aromatic nitrogens is 1. The van der Waals surface area contributed by atoms with Crippen molar-refractivity contribution in [3.05, 3.63) is 53.7 Å². The number of aromatic amines is 1. The molecular weight excluding hydrogens is 382 g/mol. The van der Waals surface area contributed by atoms with E-state index in [4.69, 9.17) is 9.47 Å². The molecule has 1 saturated heterocycles. The number of nitrogens with zero attached hydrogens (tertiary/aromatic N) is 1. The molecule has 2 aromatic carbocycles. The minimum absolute atomic E-state index is 0.0249. The predicted octanol–water partition coefficient (Wildman–Crippen LogP) is 3.23. The molecule has 0 saturated carbocycles. The van der Waals surface area contributed by atoms with Crippen LogP contribution >= 0.6 is 0 Å². The van der Waals surface area contributed by atoms with Crippen molar-refractivity contribution >= 4 is 28.4 Å². The van der Waals surface area contributed by atoms with Crippen LogP contribution in [-0.2, 0) is 16.0 Å². The molecule has 0 radical (unpaired) electrons. The van der Waals surface area contributed by atoms with E-state index in [0.29, 0.717) is 30.3 Å². The molecule has 154 valence electrons. The van der Waals surface area contributed by atoms with E-state index >= 15 is 0 Å². The van der Waals surface area contributed by atoms with Gasteiger partial charge in [0.15, 0.2) is 11.5 Å². The van der Waals surface area contributed by atoms with Gasteiger partial charge in [0.05, 0.1) is 5.92 Å². The third-order valence-corrected chi connectivity index (χ3v) is 5.80. The summed E-state index contributed by atoms with van der Waals surface area (Å²) in [7, 11) is 0. The van der Waals surface area contributed by atoms with Crippen molar-refractivity contribution < 1.29 is 19.1 Å². The number of nitrogens with one attached hydrogen (secondary N) is 2. The largest absolute Gasteiger partial charge is 0.454 e. The lowest BCUT2D eigenvalue weighted by molar-refractivity contribution is -0.128. The van der Waals surface area contributed by atoms with E-state index in [9.17, 15) is 9.59 Å². The van der Waals surface area contributed by atoms with Crippen LogP contribution in [0, 0.1) is 12.8 Å². The van der Waals surface area contributed by atoms with Gasteiger partial charge in [-0.3, -0.25) is 9.59 Å². The highest BCUT2D eigenvalue weighted by molar-refractivity contribution is 5.97. The summed E-state index contributed by atoms with van der Waals surface area (Å²) in [5, 5.41) is 4.09. The van der Waals surface area contributed by atoms with Crippen molar-refractivity contribution in [2.75, 3.05) is 25.2 Å². The maximum absolute atomic E-state index is 12.7. The summed E-state index contributed by atoms with van der Waals surface area (Å²) in [6.07, 6.45) is 3.00. The molecule has 0 bridgehead atoms. The molecule has 0 spiro atoms. The standard InChI is InChI=1S/C23H23N3O4/c1-14-2-4-19-18(8-14)15(11-24-19)6-7-26-12-16(9-22(26)27)23(28)25-17-3-5-20-21(10-17)30-13-29-20/h2-5,8,10-11,16,24H,6-7,9,12-13H2,1H3,(H,25,28)/t16-/m0/s1. The normalized spacial score (nSPS) is 17.7. The van der Waals surface area contributed by atoms with Crippen LogP contribution in [0.25, 0.3) is 10.9 Å². The van der Waals surface area contributed by atoms with Crippen molar-refractivity contribution in [1.82, 2.24) is 9.88 Å². The molecule has 2 N–H and O–H groups in total.